The van der Waals surface area contributed by atoms with E-state index in [2.05, 4.69) is 6.58 Å². The molecule has 1 aliphatic heterocycles. The Morgan fingerprint density at radius 2 is 1.79 bits per heavy atom. The van der Waals surface area contributed by atoms with Crippen molar-refractivity contribution in [2.45, 2.75) is 10.8 Å². The van der Waals surface area contributed by atoms with E-state index in [0.717, 1.165) is 16.0 Å². The second kappa shape index (κ2) is 8.61. The summed E-state index contributed by atoms with van der Waals surface area (Å²) in [6.45, 7) is 4.01. The number of rotatable bonds is 4. The van der Waals surface area contributed by atoms with Crippen LogP contribution in [0.2, 0.25) is 0 Å². The highest BCUT2D eigenvalue weighted by molar-refractivity contribution is 7.99. The first-order valence-electron chi connectivity index (χ1n) is 8.71. The lowest BCUT2D eigenvalue weighted by Crippen LogP contribution is -2.26. The lowest BCUT2D eigenvalue weighted by atomic mass is 9.74. The molecule has 3 rings (SSSR count). The van der Waals surface area contributed by atoms with Crippen LogP contribution < -0.4 is 0 Å². The fourth-order valence-corrected chi connectivity index (χ4v) is 4.83. The zero-order valence-corrected chi connectivity index (χ0v) is 16.2. The molecule has 0 fully saturated rings. The van der Waals surface area contributed by atoms with Crippen molar-refractivity contribution in [2.75, 3.05) is 12.9 Å². The van der Waals surface area contributed by atoms with Gasteiger partial charge in [-0.15, -0.1) is 11.8 Å². The molecule has 0 bridgehead atoms. The topological polar surface area (TPSA) is 73.9 Å². The van der Waals surface area contributed by atoms with Crippen molar-refractivity contribution in [3.8, 4) is 12.1 Å². The van der Waals surface area contributed by atoms with Gasteiger partial charge in [-0.05, 0) is 22.8 Å². The van der Waals surface area contributed by atoms with Crippen molar-refractivity contribution in [3.05, 3.63) is 83.4 Å². The van der Waals surface area contributed by atoms with Crippen molar-refractivity contribution in [1.29, 1.82) is 10.5 Å². The van der Waals surface area contributed by atoms with Gasteiger partial charge in [0.15, 0.2) is 0 Å². The molecule has 138 valence electrons. The van der Waals surface area contributed by atoms with Crippen LogP contribution in [0.25, 0.3) is 5.57 Å². The Balaban J connectivity index is 2.23. The molecule has 0 radical (unpaired) electrons. The average molecular weight is 386 g/mol. The van der Waals surface area contributed by atoms with Crippen LogP contribution in [0.5, 0.6) is 0 Å². The predicted octanol–water partition coefficient (Wildman–Crippen LogP) is 4.72. The van der Waals surface area contributed by atoms with Crippen LogP contribution >= 0.6 is 11.8 Å². The highest BCUT2D eigenvalue weighted by atomic mass is 32.2. The van der Waals surface area contributed by atoms with Gasteiger partial charge >= 0.3 is 5.97 Å². The number of methoxy groups -OCH3 is 1. The Bertz CT molecular complexity index is 1010. The Morgan fingerprint density at radius 1 is 1.14 bits per heavy atom. The number of hydrogen-bond acceptors (Lipinski definition) is 5. The Morgan fingerprint density at radius 3 is 2.43 bits per heavy atom. The lowest BCUT2D eigenvalue weighted by molar-refractivity contribution is -0.136. The largest absolute Gasteiger partial charge is 0.466 e. The molecule has 28 heavy (non-hydrogen) atoms. The molecule has 1 heterocycles. The van der Waals surface area contributed by atoms with Gasteiger partial charge in [-0.2, -0.15) is 10.5 Å². The lowest BCUT2D eigenvalue weighted by Gasteiger charge is -2.34. The average Bonchev–Trinajstić information content (AvgIpc) is 2.75. The van der Waals surface area contributed by atoms with E-state index >= 15 is 0 Å². The van der Waals surface area contributed by atoms with E-state index in [1.807, 2.05) is 66.7 Å². The Hall–Kier alpha value is -3.28. The minimum absolute atomic E-state index is 0.0661. The van der Waals surface area contributed by atoms with E-state index in [4.69, 9.17) is 4.74 Å². The van der Waals surface area contributed by atoms with Crippen LogP contribution in [0.3, 0.4) is 0 Å². The van der Waals surface area contributed by atoms with E-state index in [0.29, 0.717) is 16.9 Å². The number of nitriles is 2. The summed E-state index contributed by atoms with van der Waals surface area (Å²) in [6, 6.07) is 21.4. The van der Waals surface area contributed by atoms with Gasteiger partial charge in [0.2, 0.25) is 0 Å². The van der Waals surface area contributed by atoms with Crippen LogP contribution in [-0.4, -0.2) is 18.8 Å². The molecule has 2 aromatic rings. The molecule has 2 aromatic carbocycles. The summed E-state index contributed by atoms with van der Waals surface area (Å²) >= 11 is 1.65. The van der Waals surface area contributed by atoms with Crippen molar-refractivity contribution < 1.29 is 9.53 Å². The van der Waals surface area contributed by atoms with Gasteiger partial charge in [-0.3, -0.25) is 0 Å². The number of allylic oxidation sites excluding steroid dienone is 2. The Kier molecular flexibility index (Phi) is 5.99. The summed E-state index contributed by atoms with van der Waals surface area (Å²) < 4.78 is 4.93. The second-order valence-electron chi connectivity index (χ2n) is 6.33. The number of esters is 1. The molecule has 2 atom stereocenters. The van der Waals surface area contributed by atoms with Gasteiger partial charge < -0.3 is 4.74 Å². The number of nitrogens with zero attached hydrogens (tertiary/aromatic N) is 2. The van der Waals surface area contributed by atoms with Crippen molar-refractivity contribution in [1.82, 2.24) is 0 Å². The van der Waals surface area contributed by atoms with Gasteiger partial charge in [0.25, 0.3) is 0 Å². The number of fused-ring (bicyclic) bond motifs is 1. The van der Waals surface area contributed by atoms with Gasteiger partial charge in [0, 0.05) is 28.1 Å². The first kappa shape index (κ1) is 19.5. The zero-order valence-electron chi connectivity index (χ0n) is 15.4. The maximum Gasteiger partial charge on any atom is 0.333 e. The summed E-state index contributed by atoms with van der Waals surface area (Å²) in [6.07, 6.45) is 0. The van der Waals surface area contributed by atoms with Crippen LogP contribution in [0.4, 0.5) is 0 Å². The molecule has 0 N–H and O–H groups in total. The van der Waals surface area contributed by atoms with E-state index in [1.165, 1.54) is 7.11 Å². The molecule has 0 unspecified atom stereocenters. The molecular weight excluding hydrogens is 368 g/mol. The number of benzene rings is 2. The van der Waals surface area contributed by atoms with Crippen LogP contribution in [0.1, 0.15) is 17.0 Å². The molecule has 0 saturated heterocycles. The molecule has 5 heteroatoms. The number of carbonyl (C=O) groups excluding carboxylic acids is 1. The predicted molar refractivity (Wildman–Crippen MR) is 109 cm³/mol. The quantitative estimate of drug-likeness (QED) is 0.432. The minimum atomic E-state index is -0.493. The van der Waals surface area contributed by atoms with Crippen molar-refractivity contribution in [2.24, 2.45) is 5.92 Å². The first-order chi connectivity index (χ1) is 13.6. The number of thioether (sulfide) groups is 1. The summed E-state index contributed by atoms with van der Waals surface area (Å²) in [7, 11) is 1.33. The number of ether oxygens (including phenoxy) is 1. The fourth-order valence-electron chi connectivity index (χ4n) is 3.60. The van der Waals surface area contributed by atoms with E-state index in [1.54, 1.807) is 11.8 Å². The monoisotopic (exact) mass is 386 g/mol. The highest BCUT2D eigenvalue weighted by Crippen LogP contribution is 2.49. The van der Waals surface area contributed by atoms with Crippen LogP contribution in [-0.2, 0) is 9.53 Å². The third-order valence-corrected chi connectivity index (χ3v) is 6.04. The maximum absolute atomic E-state index is 12.4. The third-order valence-electron chi connectivity index (χ3n) is 4.84. The molecule has 0 amide bonds. The number of carbonyl (C=O) groups is 1. The minimum Gasteiger partial charge on any atom is -0.466 e. The van der Waals surface area contributed by atoms with Gasteiger partial charge in [0.1, 0.15) is 17.7 Å². The van der Waals surface area contributed by atoms with Crippen LogP contribution in [0, 0.1) is 28.6 Å². The normalized spacial score (nSPS) is 16.1. The van der Waals surface area contributed by atoms with Crippen molar-refractivity contribution in [3.63, 3.8) is 0 Å². The molecule has 0 aliphatic carbocycles. The number of hydrogen-bond donors (Lipinski definition) is 0. The summed E-state index contributed by atoms with van der Waals surface area (Å²) in [5, 5.41) is 19.2. The van der Waals surface area contributed by atoms with Gasteiger partial charge in [0.05, 0.1) is 7.11 Å². The third kappa shape index (κ3) is 3.58. The zero-order chi connectivity index (χ0) is 20.1. The smallest absolute Gasteiger partial charge is 0.333 e. The SMILES string of the molecule is C=C(C(=O)OC)[C@@H](c1ccccc1)[C@@H]1CSc2ccccc2C1=C(C#N)C#N. The van der Waals surface area contributed by atoms with Gasteiger partial charge in [-0.1, -0.05) is 55.1 Å². The standard InChI is InChI=1S/C23H18N2O2S/c1-15(23(26)27-2)21(16-8-4-3-5-9-16)19-14-28-20-11-7-6-10-18(20)22(19)17(12-24)13-25/h3-11,19,21H,1,14H2,2H3/t19-,21-/m0/s1. The van der Waals surface area contributed by atoms with Crippen molar-refractivity contribution >= 4 is 23.3 Å². The van der Waals surface area contributed by atoms with E-state index in [-0.39, 0.29) is 11.5 Å². The summed E-state index contributed by atoms with van der Waals surface area (Å²) in [4.78, 5) is 13.4. The second-order valence-corrected chi connectivity index (χ2v) is 7.39. The molecule has 4 nitrogen and oxygen atoms in total. The fraction of sp³-hybridized carbons (Fsp3) is 0.174. The molecule has 0 saturated carbocycles. The van der Waals surface area contributed by atoms with E-state index < -0.39 is 11.9 Å². The van der Waals surface area contributed by atoms with E-state index in [9.17, 15) is 15.3 Å². The summed E-state index contributed by atoms with van der Waals surface area (Å²) in [5.74, 6) is -0.536. The molecule has 1 aliphatic rings. The van der Waals surface area contributed by atoms with Crippen LogP contribution in [0.15, 0.2) is 77.2 Å². The highest BCUT2D eigenvalue weighted by Gasteiger charge is 2.37. The molecule has 0 aromatic heterocycles. The van der Waals surface area contributed by atoms with Gasteiger partial charge in [-0.25, -0.2) is 4.79 Å². The molecule has 0 spiro atoms. The Labute approximate surface area is 168 Å². The maximum atomic E-state index is 12.4. The molecular formula is C23H18N2O2S. The summed E-state index contributed by atoms with van der Waals surface area (Å²) in [5.41, 5.74) is 2.80. The first-order valence-corrected chi connectivity index (χ1v) is 9.69.